The van der Waals surface area contributed by atoms with Gasteiger partial charge in [0.15, 0.2) is 0 Å². The van der Waals surface area contributed by atoms with Crippen molar-refractivity contribution in [1.29, 1.82) is 0 Å². The number of hydrogen-bond acceptors (Lipinski definition) is 2. The van der Waals surface area contributed by atoms with E-state index in [4.69, 9.17) is 0 Å². The minimum Gasteiger partial charge on any atom is -0.298 e. The first-order chi connectivity index (χ1) is 5.84. The van der Waals surface area contributed by atoms with Crippen molar-refractivity contribution in [3.8, 4) is 0 Å². The lowest BCUT2D eigenvalue weighted by molar-refractivity contribution is -0.119. The zero-order valence-corrected chi connectivity index (χ0v) is 8.66. The third-order valence-electron chi connectivity index (χ3n) is 2.32. The summed E-state index contributed by atoms with van der Waals surface area (Å²) >= 11 is 1.88. The van der Waals surface area contributed by atoms with Crippen LogP contribution in [0.2, 0.25) is 0 Å². The predicted molar refractivity (Wildman–Crippen MR) is 54.6 cm³/mol. The monoisotopic (exact) mass is 186 g/mol. The highest BCUT2D eigenvalue weighted by molar-refractivity contribution is 8.00. The second-order valence-corrected chi connectivity index (χ2v) is 4.74. The number of hydrogen-bond donors (Lipinski definition) is 0. The van der Waals surface area contributed by atoms with Crippen molar-refractivity contribution in [2.75, 3.05) is 5.75 Å². The molecule has 1 unspecified atom stereocenters. The molecule has 0 amide bonds. The molecule has 0 aromatic heterocycles. The Morgan fingerprint density at radius 1 is 1.50 bits per heavy atom. The van der Waals surface area contributed by atoms with Crippen molar-refractivity contribution >= 4 is 17.5 Å². The summed E-state index contributed by atoms with van der Waals surface area (Å²) in [5, 5.41) is 0.352. The second-order valence-electron chi connectivity index (χ2n) is 3.43. The molecule has 1 aliphatic carbocycles. The number of unbranched alkanes of at least 4 members (excludes halogenated alkanes) is 1. The average molecular weight is 186 g/mol. The zero-order chi connectivity index (χ0) is 8.81. The van der Waals surface area contributed by atoms with Crippen LogP contribution in [0.15, 0.2) is 0 Å². The van der Waals surface area contributed by atoms with E-state index in [0.717, 1.165) is 19.3 Å². The fourth-order valence-electron chi connectivity index (χ4n) is 1.50. The maximum atomic E-state index is 11.4. The fraction of sp³-hybridized carbons (Fsp3) is 0.900. The number of ketones is 1. The summed E-state index contributed by atoms with van der Waals surface area (Å²) < 4.78 is 0. The van der Waals surface area contributed by atoms with Crippen LogP contribution in [0.5, 0.6) is 0 Å². The molecule has 70 valence electrons. The Morgan fingerprint density at radius 2 is 2.33 bits per heavy atom. The van der Waals surface area contributed by atoms with E-state index in [1.54, 1.807) is 0 Å². The van der Waals surface area contributed by atoms with Gasteiger partial charge in [-0.25, -0.2) is 0 Å². The van der Waals surface area contributed by atoms with Gasteiger partial charge in [-0.2, -0.15) is 11.8 Å². The van der Waals surface area contributed by atoms with Gasteiger partial charge in [0.1, 0.15) is 5.78 Å². The average Bonchev–Trinajstić information content (AvgIpc) is 2.09. The zero-order valence-electron chi connectivity index (χ0n) is 7.84. The summed E-state index contributed by atoms with van der Waals surface area (Å²) in [5.41, 5.74) is 0. The Morgan fingerprint density at radius 3 is 3.00 bits per heavy atom. The van der Waals surface area contributed by atoms with E-state index < -0.39 is 0 Å². The van der Waals surface area contributed by atoms with Gasteiger partial charge in [0.05, 0.1) is 5.25 Å². The van der Waals surface area contributed by atoms with E-state index in [-0.39, 0.29) is 0 Å². The quantitative estimate of drug-likeness (QED) is 0.628. The van der Waals surface area contributed by atoms with Crippen LogP contribution in [0.25, 0.3) is 0 Å². The van der Waals surface area contributed by atoms with E-state index in [9.17, 15) is 4.79 Å². The van der Waals surface area contributed by atoms with E-state index in [1.165, 1.54) is 25.0 Å². The minimum atomic E-state index is 0.352. The standard InChI is InChI=1S/C10H18OS/c1-2-3-8-12-10-7-5-4-6-9(10)11/h10H,2-8H2,1H3. The summed E-state index contributed by atoms with van der Waals surface area (Å²) in [5.74, 6) is 1.68. The SMILES string of the molecule is CCCCSC1CCCCC1=O. The number of thioether (sulfide) groups is 1. The van der Waals surface area contributed by atoms with Crippen molar-refractivity contribution in [2.45, 2.75) is 50.7 Å². The van der Waals surface area contributed by atoms with Crippen LogP contribution in [-0.4, -0.2) is 16.8 Å². The molecule has 1 fully saturated rings. The third-order valence-corrected chi connectivity index (χ3v) is 3.74. The molecule has 0 bridgehead atoms. The largest absolute Gasteiger partial charge is 0.298 e. The Bertz CT molecular complexity index is 145. The van der Waals surface area contributed by atoms with Crippen molar-refractivity contribution in [1.82, 2.24) is 0 Å². The van der Waals surface area contributed by atoms with Crippen molar-refractivity contribution < 1.29 is 4.79 Å². The lowest BCUT2D eigenvalue weighted by Crippen LogP contribution is -2.21. The van der Waals surface area contributed by atoms with Gasteiger partial charge in [-0.1, -0.05) is 19.8 Å². The second kappa shape index (κ2) is 5.63. The number of carbonyl (C=O) groups excluding carboxylic acids is 1. The first kappa shape index (κ1) is 10.1. The third kappa shape index (κ3) is 3.18. The van der Waals surface area contributed by atoms with Gasteiger partial charge in [0, 0.05) is 6.42 Å². The molecule has 1 aliphatic rings. The summed E-state index contributed by atoms with van der Waals surface area (Å²) in [6.45, 7) is 2.20. The molecule has 0 heterocycles. The van der Waals surface area contributed by atoms with Crippen molar-refractivity contribution in [2.24, 2.45) is 0 Å². The normalized spacial score (nSPS) is 24.4. The Balaban J connectivity index is 2.16. The van der Waals surface area contributed by atoms with Crippen LogP contribution in [-0.2, 0) is 4.79 Å². The molecule has 1 nitrogen and oxygen atoms in total. The number of Topliss-reactive ketones (excluding diaryl/α,β-unsaturated/α-hetero) is 1. The van der Waals surface area contributed by atoms with Gasteiger partial charge in [-0.05, 0) is 25.0 Å². The molecular formula is C10H18OS. The van der Waals surface area contributed by atoms with Gasteiger partial charge in [0.25, 0.3) is 0 Å². The van der Waals surface area contributed by atoms with Crippen LogP contribution in [0.3, 0.4) is 0 Å². The molecule has 0 radical (unpaired) electrons. The molecule has 0 aromatic carbocycles. The lowest BCUT2D eigenvalue weighted by atomic mass is 9.99. The number of carbonyl (C=O) groups is 1. The van der Waals surface area contributed by atoms with Crippen LogP contribution >= 0.6 is 11.8 Å². The molecule has 12 heavy (non-hydrogen) atoms. The molecule has 0 aromatic rings. The van der Waals surface area contributed by atoms with Crippen molar-refractivity contribution in [3.63, 3.8) is 0 Å². The first-order valence-electron chi connectivity index (χ1n) is 4.99. The van der Waals surface area contributed by atoms with Crippen LogP contribution in [0, 0.1) is 0 Å². The summed E-state index contributed by atoms with van der Waals surface area (Å²) in [6.07, 6.45) is 6.86. The Labute approximate surface area is 79.3 Å². The van der Waals surface area contributed by atoms with Gasteiger partial charge in [-0.3, -0.25) is 4.79 Å². The molecule has 1 atom stereocenters. The Hall–Kier alpha value is 0.0200. The summed E-state index contributed by atoms with van der Waals surface area (Å²) in [7, 11) is 0. The van der Waals surface area contributed by atoms with Crippen LogP contribution in [0.1, 0.15) is 45.4 Å². The van der Waals surface area contributed by atoms with Gasteiger partial charge in [-0.15, -0.1) is 0 Å². The predicted octanol–water partition coefficient (Wildman–Crippen LogP) is 3.03. The number of rotatable bonds is 4. The van der Waals surface area contributed by atoms with Crippen molar-refractivity contribution in [3.05, 3.63) is 0 Å². The lowest BCUT2D eigenvalue weighted by Gasteiger charge is -2.19. The molecule has 0 saturated heterocycles. The van der Waals surface area contributed by atoms with Gasteiger partial charge in [0.2, 0.25) is 0 Å². The summed E-state index contributed by atoms with van der Waals surface area (Å²) in [6, 6.07) is 0. The molecule has 2 heteroatoms. The highest BCUT2D eigenvalue weighted by Gasteiger charge is 2.21. The molecule has 0 aliphatic heterocycles. The van der Waals surface area contributed by atoms with E-state index in [1.807, 2.05) is 11.8 Å². The first-order valence-corrected chi connectivity index (χ1v) is 6.03. The highest BCUT2D eigenvalue weighted by atomic mass is 32.2. The van der Waals surface area contributed by atoms with Gasteiger partial charge >= 0.3 is 0 Å². The fourth-order valence-corrected chi connectivity index (χ4v) is 2.87. The molecule has 1 rings (SSSR count). The van der Waals surface area contributed by atoms with E-state index in [2.05, 4.69) is 6.92 Å². The molecule has 0 N–H and O–H groups in total. The van der Waals surface area contributed by atoms with Gasteiger partial charge < -0.3 is 0 Å². The minimum absolute atomic E-state index is 0.352. The van der Waals surface area contributed by atoms with E-state index in [0.29, 0.717) is 11.0 Å². The molecular weight excluding hydrogens is 168 g/mol. The van der Waals surface area contributed by atoms with Crippen LogP contribution < -0.4 is 0 Å². The Kier molecular flexibility index (Phi) is 4.74. The van der Waals surface area contributed by atoms with E-state index >= 15 is 0 Å². The highest BCUT2D eigenvalue weighted by Crippen LogP contribution is 2.26. The molecule has 0 spiro atoms. The smallest absolute Gasteiger partial charge is 0.145 e. The summed E-state index contributed by atoms with van der Waals surface area (Å²) in [4.78, 5) is 11.4. The van der Waals surface area contributed by atoms with Crippen LogP contribution in [0.4, 0.5) is 0 Å². The maximum absolute atomic E-state index is 11.4. The molecule has 1 saturated carbocycles. The maximum Gasteiger partial charge on any atom is 0.145 e. The topological polar surface area (TPSA) is 17.1 Å².